The minimum atomic E-state index is 0.155. The number of para-hydroxylation sites is 1. The summed E-state index contributed by atoms with van der Waals surface area (Å²) in [6, 6.07) is 12.3. The number of nitrogens with zero attached hydrogens (tertiary/aromatic N) is 3. The predicted octanol–water partition coefficient (Wildman–Crippen LogP) is 1.68. The van der Waals surface area contributed by atoms with Gasteiger partial charge in [-0.3, -0.25) is 0 Å². The van der Waals surface area contributed by atoms with E-state index in [1.807, 2.05) is 18.2 Å². The maximum atomic E-state index is 9.74. The Bertz CT molecular complexity index is 690. The first-order valence-corrected chi connectivity index (χ1v) is 5.15. The van der Waals surface area contributed by atoms with Gasteiger partial charge in [0.2, 0.25) is 0 Å². The first kappa shape index (κ1) is 9.65. The minimum absolute atomic E-state index is 0.155. The third-order valence-corrected chi connectivity index (χ3v) is 2.53. The number of hydrogen-bond donors (Lipinski definition) is 2. The predicted molar refractivity (Wildman–Crippen MR) is 64.5 cm³/mol. The van der Waals surface area contributed by atoms with E-state index in [1.54, 1.807) is 28.8 Å². The maximum absolute atomic E-state index is 9.74. The lowest BCUT2D eigenvalue weighted by atomic mass is 10.2. The number of pyridine rings is 1. The molecule has 17 heavy (non-hydrogen) atoms. The van der Waals surface area contributed by atoms with Crippen molar-refractivity contribution in [2.45, 2.75) is 0 Å². The maximum Gasteiger partial charge on any atom is 0.185 e. The Labute approximate surface area is 97.1 Å². The summed E-state index contributed by atoms with van der Waals surface area (Å²) in [6.07, 6.45) is 0. The molecule has 0 bridgehead atoms. The number of nitrogens with two attached hydrogens (primary N) is 1. The molecular weight excluding hydrogens is 216 g/mol. The highest BCUT2D eigenvalue weighted by Crippen LogP contribution is 2.26. The summed E-state index contributed by atoms with van der Waals surface area (Å²) >= 11 is 0. The van der Waals surface area contributed by atoms with Crippen LogP contribution in [0.25, 0.3) is 17.0 Å². The number of phenols is 1. The molecule has 0 aliphatic carbocycles. The third-order valence-electron chi connectivity index (χ3n) is 2.53. The number of hydrogen-bond acceptors (Lipinski definition) is 4. The van der Waals surface area contributed by atoms with Crippen LogP contribution in [-0.4, -0.2) is 19.7 Å². The molecule has 0 atom stereocenters. The fourth-order valence-corrected chi connectivity index (χ4v) is 1.70. The van der Waals surface area contributed by atoms with Crippen molar-refractivity contribution in [2.24, 2.45) is 0 Å². The summed E-state index contributed by atoms with van der Waals surface area (Å²) in [6.45, 7) is 0. The second-order valence-electron chi connectivity index (χ2n) is 3.67. The molecular formula is C12H10N4O. The second kappa shape index (κ2) is 3.48. The number of fused-ring (bicyclic) bond motifs is 1. The highest BCUT2D eigenvalue weighted by Gasteiger charge is 2.10. The van der Waals surface area contributed by atoms with E-state index in [1.165, 1.54) is 0 Å². The quantitative estimate of drug-likeness (QED) is 0.662. The molecule has 2 aromatic heterocycles. The molecule has 0 fully saturated rings. The van der Waals surface area contributed by atoms with Gasteiger partial charge in [0, 0.05) is 0 Å². The summed E-state index contributed by atoms with van der Waals surface area (Å²) < 4.78 is 1.54. The summed E-state index contributed by atoms with van der Waals surface area (Å²) in [5.41, 5.74) is 7.03. The van der Waals surface area contributed by atoms with Crippen LogP contribution >= 0.6 is 0 Å². The van der Waals surface area contributed by atoms with E-state index in [0.29, 0.717) is 22.9 Å². The first-order chi connectivity index (χ1) is 8.25. The van der Waals surface area contributed by atoms with Crippen LogP contribution in [0.5, 0.6) is 5.75 Å². The van der Waals surface area contributed by atoms with E-state index in [4.69, 9.17) is 5.73 Å². The molecule has 3 aromatic rings. The SMILES string of the molecule is Nc1cccc2nc(-c3ccccc3O)nn12. The zero-order valence-corrected chi connectivity index (χ0v) is 8.91. The highest BCUT2D eigenvalue weighted by atomic mass is 16.3. The van der Waals surface area contributed by atoms with Crippen molar-refractivity contribution in [3.8, 4) is 17.1 Å². The van der Waals surface area contributed by atoms with Crippen LogP contribution in [0, 0.1) is 0 Å². The van der Waals surface area contributed by atoms with Crippen molar-refractivity contribution >= 4 is 11.5 Å². The Morgan fingerprint density at radius 2 is 1.88 bits per heavy atom. The van der Waals surface area contributed by atoms with E-state index in [2.05, 4.69) is 10.1 Å². The molecule has 5 nitrogen and oxygen atoms in total. The number of aromatic hydroxyl groups is 1. The molecule has 5 heteroatoms. The second-order valence-corrected chi connectivity index (χ2v) is 3.67. The van der Waals surface area contributed by atoms with Crippen LogP contribution < -0.4 is 5.73 Å². The molecule has 0 aliphatic heterocycles. The molecule has 0 unspecified atom stereocenters. The normalized spacial score (nSPS) is 10.8. The summed E-state index contributed by atoms with van der Waals surface area (Å²) in [5.74, 6) is 1.12. The van der Waals surface area contributed by atoms with Gasteiger partial charge in [0.1, 0.15) is 11.6 Å². The smallest absolute Gasteiger partial charge is 0.185 e. The van der Waals surface area contributed by atoms with Crippen molar-refractivity contribution in [1.82, 2.24) is 14.6 Å². The van der Waals surface area contributed by atoms with Gasteiger partial charge in [-0.1, -0.05) is 18.2 Å². The number of nitrogen functional groups attached to an aromatic ring is 1. The molecule has 2 heterocycles. The fourth-order valence-electron chi connectivity index (χ4n) is 1.70. The first-order valence-electron chi connectivity index (χ1n) is 5.15. The minimum Gasteiger partial charge on any atom is -0.507 e. The van der Waals surface area contributed by atoms with Crippen LogP contribution in [-0.2, 0) is 0 Å². The fraction of sp³-hybridized carbons (Fsp3) is 0. The summed E-state index contributed by atoms with van der Waals surface area (Å²) in [4.78, 5) is 4.32. The lowest BCUT2D eigenvalue weighted by Gasteiger charge is -1.97. The van der Waals surface area contributed by atoms with Crippen molar-refractivity contribution in [3.05, 3.63) is 42.5 Å². The zero-order chi connectivity index (χ0) is 11.8. The van der Waals surface area contributed by atoms with Gasteiger partial charge in [-0.15, -0.1) is 5.10 Å². The number of aromatic nitrogens is 3. The van der Waals surface area contributed by atoms with Gasteiger partial charge < -0.3 is 10.8 Å². The van der Waals surface area contributed by atoms with Gasteiger partial charge in [0.05, 0.1) is 5.56 Å². The van der Waals surface area contributed by atoms with Gasteiger partial charge in [-0.25, -0.2) is 4.98 Å². The Balaban J connectivity index is 2.26. The van der Waals surface area contributed by atoms with Crippen molar-refractivity contribution in [1.29, 1.82) is 0 Å². The largest absolute Gasteiger partial charge is 0.507 e. The molecule has 1 aromatic carbocycles. The van der Waals surface area contributed by atoms with Gasteiger partial charge in [-0.05, 0) is 24.3 Å². The van der Waals surface area contributed by atoms with E-state index in [-0.39, 0.29) is 5.75 Å². The standard InChI is InChI=1S/C12H10N4O/c13-10-6-3-7-11-14-12(15-16(10)11)8-4-1-2-5-9(8)17/h1-7,17H,13H2. The third kappa shape index (κ3) is 1.48. The Hall–Kier alpha value is -2.56. The van der Waals surface area contributed by atoms with E-state index in [0.717, 1.165) is 0 Å². The molecule has 84 valence electrons. The van der Waals surface area contributed by atoms with Gasteiger partial charge >= 0.3 is 0 Å². The summed E-state index contributed by atoms with van der Waals surface area (Å²) in [7, 11) is 0. The molecule has 0 aliphatic rings. The Kier molecular flexibility index (Phi) is 1.98. The summed E-state index contributed by atoms with van der Waals surface area (Å²) in [5, 5.41) is 14.0. The van der Waals surface area contributed by atoms with E-state index >= 15 is 0 Å². The molecule has 0 radical (unpaired) electrons. The molecule has 3 rings (SSSR count). The molecule has 0 spiro atoms. The number of rotatable bonds is 1. The lowest BCUT2D eigenvalue weighted by molar-refractivity contribution is 0.477. The average Bonchev–Trinajstić information content (AvgIpc) is 2.75. The van der Waals surface area contributed by atoms with Gasteiger partial charge in [0.25, 0.3) is 0 Å². The number of phenolic OH excluding ortho intramolecular Hbond substituents is 1. The van der Waals surface area contributed by atoms with Crippen LogP contribution in [0.15, 0.2) is 42.5 Å². The molecule has 0 amide bonds. The van der Waals surface area contributed by atoms with Crippen molar-refractivity contribution in [2.75, 3.05) is 5.73 Å². The molecule has 0 saturated heterocycles. The average molecular weight is 226 g/mol. The highest BCUT2D eigenvalue weighted by molar-refractivity contribution is 5.65. The van der Waals surface area contributed by atoms with Crippen molar-refractivity contribution < 1.29 is 5.11 Å². The monoisotopic (exact) mass is 226 g/mol. The number of benzene rings is 1. The molecule has 3 N–H and O–H groups in total. The Morgan fingerprint density at radius 3 is 2.65 bits per heavy atom. The van der Waals surface area contributed by atoms with Crippen molar-refractivity contribution in [3.63, 3.8) is 0 Å². The topological polar surface area (TPSA) is 76.4 Å². The molecule has 0 saturated carbocycles. The van der Waals surface area contributed by atoms with E-state index in [9.17, 15) is 5.11 Å². The van der Waals surface area contributed by atoms with Crippen LogP contribution in [0.3, 0.4) is 0 Å². The lowest BCUT2D eigenvalue weighted by Crippen LogP contribution is -1.97. The van der Waals surface area contributed by atoms with Crippen LogP contribution in [0.2, 0.25) is 0 Å². The van der Waals surface area contributed by atoms with Crippen LogP contribution in [0.4, 0.5) is 5.82 Å². The van der Waals surface area contributed by atoms with Gasteiger partial charge in [-0.2, -0.15) is 4.52 Å². The van der Waals surface area contributed by atoms with E-state index < -0.39 is 0 Å². The van der Waals surface area contributed by atoms with Gasteiger partial charge in [0.15, 0.2) is 11.5 Å². The zero-order valence-electron chi connectivity index (χ0n) is 8.91. The number of anilines is 1. The Morgan fingerprint density at radius 1 is 1.06 bits per heavy atom. The van der Waals surface area contributed by atoms with Crippen LogP contribution in [0.1, 0.15) is 0 Å².